The zero-order valence-corrected chi connectivity index (χ0v) is 18.7. The SMILES string of the molecule is COC(=O)c1cccc(NC(=O)c2cnn(C)c2N(C)S(=O)(=O)c2ccc(C)cc2)c1O. The minimum Gasteiger partial charge on any atom is -0.505 e. The number of esters is 1. The topological polar surface area (TPSA) is 131 Å². The minimum atomic E-state index is -3.98. The summed E-state index contributed by atoms with van der Waals surface area (Å²) < 4.78 is 33.0. The molecule has 2 N–H and O–H groups in total. The Morgan fingerprint density at radius 1 is 1.12 bits per heavy atom. The van der Waals surface area contributed by atoms with Crippen LogP contribution in [0, 0.1) is 6.92 Å². The summed E-state index contributed by atoms with van der Waals surface area (Å²) in [6.07, 6.45) is 1.22. The monoisotopic (exact) mass is 458 g/mol. The van der Waals surface area contributed by atoms with Gasteiger partial charge < -0.3 is 15.2 Å². The molecule has 3 aromatic rings. The highest BCUT2D eigenvalue weighted by atomic mass is 32.2. The van der Waals surface area contributed by atoms with Crippen LogP contribution in [0.15, 0.2) is 53.6 Å². The Labute approximate surface area is 185 Å². The molecular weight excluding hydrogens is 436 g/mol. The van der Waals surface area contributed by atoms with Gasteiger partial charge in [-0.3, -0.25) is 13.8 Å². The van der Waals surface area contributed by atoms with Crippen LogP contribution in [0.3, 0.4) is 0 Å². The molecule has 0 aliphatic heterocycles. The molecule has 0 spiro atoms. The number of para-hydroxylation sites is 1. The average molecular weight is 458 g/mol. The number of hydrogen-bond acceptors (Lipinski definition) is 7. The summed E-state index contributed by atoms with van der Waals surface area (Å²) in [6, 6.07) is 10.5. The van der Waals surface area contributed by atoms with Crippen LogP contribution in [0.1, 0.15) is 26.3 Å². The standard InChI is InChI=1S/C21H22N4O6S/c1-13-8-10-14(11-9-13)32(29,30)25(3)20-16(12-22-24(20)2)19(27)23-17-7-5-6-15(18(17)26)21(28)31-4/h5-12,26H,1-4H3,(H,23,27). The number of nitrogens with zero attached hydrogens (tertiary/aromatic N) is 3. The van der Waals surface area contributed by atoms with E-state index in [1.54, 1.807) is 12.1 Å². The quantitative estimate of drug-likeness (QED) is 0.428. The summed E-state index contributed by atoms with van der Waals surface area (Å²) in [4.78, 5) is 24.8. The Morgan fingerprint density at radius 2 is 1.78 bits per heavy atom. The van der Waals surface area contributed by atoms with Crippen LogP contribution < -0.4 is 9.62 Å². The lowest BCUT2D eigenvalue weighted by atomic mass is 10.1. The predicted octanol–water partition coefficient (Wildman–Crippen LogP) is 2.30. The van der Waals surface area contributed by atoms with Gasteiger partial charge in [0.05, 0.1) is 23.9 Å². The molecule has 11 heteroatoms. The van der Waals surface area contributed by atoms with Crippen molar-refractivity contribution < 1.29 is 27.9 Å². The molecule has 1 heterocycles. The van der Waals surface area contributed by atoms with Gasteiger partial charge in [0, 0.05) is 14.1 Å². The molecule has 2 aromatic carbocycles. The molecule has 0 bridgehead atoms. The van der Waals surface area contributed by atoms with Gasteiger partial charge in [-0.15, -0.1) is 0 Å². The first-order chi connectivity index (χ1) is 15.1. The molecule has 0 saturated carbocycles. The van der Waals surface area contributed by atoms with Gasteiger partial charge in [-0.2, -0.15) is 5.10 Å². The number of aromatic nitrogens is 2. The lowest BCUT2D eigenvalue weighted by molar-refractivity contribution is 0.0597. The summed E-state index contributed by atoms with van der Waals surface area (Å²) >= 11 is 0. The Hall–Kier alpha value is -3.86. The maximum absolute atomic E-state index is 13.1. The number of ether oxygens (including phenoxy) is 1. The van der Waals surface area contributed by atoms with Crippen LogP contribution in [0.4, 0.5) is 11.5 Å². The molecule has 0 atom stereocenters. The number of phenols is 1. The van der Waals surface area contributed by atoms with Crippen molar-refractivity contribution in [3.8, 4) is 5.75 Å². The fraction of sp³-hybridized carbons (Fsp3) is 0.190. The Bertz CT molecular complexity index is 1280. The number of methoxy groups -OCH3 is 1. The summed E-state index contributed by atoms with van der Waals surface area (Å²) in [5.41, 5.74) is 0.683. The van der Waals surface area contributed by atoms with E-state index in [-0.39, 0.29) is 27.5 Å². The number of phenolic OH excluding ortho intramolecular Hbond substituents is 1. The Morgan fingerprint density at radius 3 is 2.41 bits per heavy atom. The molecule has 0 aliphatic rings. The van der Waals surface area contributed by atoms with Crippen molar-refractivity contribution in [2.45, 2.75) is 11.8 Å². The fourth-order valence-electron chi connectivity index (χ4n) is 3.06. The maximum Gasteiger partial charge on any atom is 0.341 e. The Kier molecular flexibility index (Phi) is 6.21. The lowest BCUT2D eigenvalue weighted by Gasteiger charge is -2.21. The van der Waals surface area contributed by atoms with E-state index in [0.717, 1.165) is 9.87 Å². The van der Waals surface area contributed by atoms with Crippen molar-refractivity contribution in [2.24, 2.45) is 7.05 Å². The summed E-state index contributed by atoms with van der Waals surface area (Å²) in [6.45, 7) is 1.84. The molecule has 3 rings (SSSR count). The fourth-order valence-corrected chi connectivity index (χ4v) is 4.30. The summed E-state index contributed by atoms with van der Waals surface area (Å²) in [5.74, 6) is -1.95. The number of sulfonamides is 1. The third-order valence-electron chi connectivity index (χ3n) is 4.82. The van der Waals surface area contributed by atoms with Crippen molar-refractivity contribution >= 4 is 33.4 Å². The van der Waals surface area contributed by atoms with Crippen LogP contribution in [0.5, 0.6) is 5.75 Å². The van der Waals surface area contributed by atoms with Crippen molar-refractivity contribution in [1.82, 2.24) is 9.78 Å². The lowest BCUT2D eigenvalue weighted by Crippen LogP contribution is -2.30. The number of aryl methyl sites for hydroxylation is 2. The number of anilines is 2. The van der Waals surface area contributed by atoms with E-state index in [2.05, 4.69) is 15.2 Å². The van der Waals surface area contributed by atoms with Crippen LogP contribution in [-0.2, 0) is 21.8 Å². The van der Waals surface area contributed by atoms with Gasteiger partial charge in [0.1, 0.15) is 11.1 Å². The third kappa shape index (κ3) is 4.14. The first-order valence-corrected chi connectivity index (χ1v) is 10.8. The summed E-state index contributed by atoms with van der Waals surface area (Å²) in [5, 5.41) is 16.8. The average Bonchev–Trinajstić information content (AvgIpc) is 3.15. The number of carbonyl (C=O) groups excluding carboxylic acids is 2. The normalized spacial score (nSPS) is 11.1. The molecule has 1 aromatic heterocycles. The van der Waals surface area contributed by atoms with E-state index in [9.17, 15) is 23.1 Å². The number of nitrogens with one attached hydrogen (secondary N) is 1. The first kappa shape index (κ1) is 22.8. The number of aromatic hydroxyl groups is 1. The van der Waals surface area contributed by atoms with Gasteiger partial charge in [-0.05, 0) is 31.2 Å². The number of amides is 1. The van der Waals surface area contributed by atoms with E-state index >= 15 is 0 Å². The molecule has 168 valence electrons. The minimum absolute atomic E-state index is 0.0201. The molecule has 0 unspecified atom stereocenters. The Balaban J connectivity index is 1.96. The number of hydrogen-bond donors (Lipinski definition) is 2. The van der Waals surface area contributed by atoms with E-state index in [1.807, 2.05) is 6.92 Å². The molecule has 0 saturated heterocycles. The highest BCUT2D eigenvalue weighted by Gasteiger charge is 2.29. The maximum atomic E-state index is 13.1. The van der Waals surface area contributed by atoms with Crippen LogP contribution in [0.25, 0.3) is 0 Å². The highest BCUT2D eigenvalue weighted by molar-refractivity contribution is 7.92. The summed E-state index contributed by atoms with van der Waals surface area (Å²) in [7, 11) is 0.00867. The van der Waals surface area contributed by atoms with Crippen LogP contribution >= 0.6 is 0 Å². The number of rotatable bonds is 6. The van der Waals surface area contributed by atoms with Crippen molar-refractivity contribution in [3.05, 3.63) is 65.4 Å². The zero-order valence-electron chi connectivity index (χ0n) is 17.9. The smallest absolute Gasteiger partial charge is 0.341 e. The van der Waals surface area contributed by atoms with Crippen molar-refractivity contribution in [1.29, 1.82) is 0 Å². The molecule has 0 radical (unpaired) electrons. The molecule has 0 fully saturated rings. The van der Waals surface area contributed by atoms with E-state index in [1.165, 1.54) is 62.4 Å². The second-order valence-electron chi connectivity index (χ2n) is 6.94. The van der Waals surface area contributed by atoms with Gasteiger partial charge in [0.2, 0.25) is 0 Å². The van der Waals surface area contributed by atoms with Gasteiger partial charge in [0.15, 0.2) is 11.6 Å². The molecule has 32 heavy (non-hydrogen) atoms. The number of benzene rings is 2. The van der Waals surface area contributed by atoms with Crippen LogP contribution in [-0.4, -0.2) is 49.3 Å². The van der Waals surface area contributed by atoms with Gasteiger partial charge in [-0.1, -0.05) is 23.8 Å². The first-order valence-electron chi connectivity index (χ1n) is 9.37. The molecule has 10 nitrogen and oxygen atoms in total. The van der Waals surface area contributed by atoms with Gasteiger partial charge in [0.25, 0.3) is 15.9 Å². The molecule has 1 amide bonds. The van der Waals surface area contributed by atoms with Crippen molar-refractivity contribution in [2.75, 3.05) is 23.8 Å². The highest BCUT2D eigenvalue weighted by Crippen LogP contribution is 2.30. The largest absolute Gasteiger partial charge is 0.505 e. The second kappa shape index (κ2) is 8.71. The predicted molar refractivity (Wildman–Crippen MR) is 117 cm³/mol. The van der Waals surface area contributed by atoms with E-state index < -0.39 is 27.6 Å². The van der Waals surface area contributed by atoms with E-state index in [0.29, 0.717) is 0 Å². The van der Waals surface area contributed by atoms with Crippen LogP contribution in [0.2, 0.25) is 0 Å². The van der Waals surface area contributed by atoms with Crippen molar-refractivity contribution in [3.63, 3.8) is 0 Å². The third-order valence-corrected chi connectivity index (χ3v) is 6.58. The van der Waals surface area contributed by atoms with E-state index in [4.69, 9.17) is 0 Å². The number of carbonyl (C=O) groups is 2. The molecular formula is C21H22N4O6S. The zero-order chi connectivity index (χ0) is 23.6. The van der Waals surface area contributed by atoms with Gasteiger partial charge >= 0.3 is 5.97 Å². The molecule has 0 aliphatic carbocycles. The van der Waals surface area contributed by atoms with Gasteiger partial charge in [-0.25, -0.2) is 13.2 Å². The second-order valence-corrected chi connectivity index (χ2v) is 8.91.